The molecule has 1 saturated carbocycles. The van der Waals surface area contributed by atoms with E-state index in [-0.39, 0.29) is 23.9 Å². The molecule has 1 unspecified atom stereocenters. The van der Waals surface area contributed by atoms with E-state index in [9.17, 15) is 14.4 Å². The smallest absolute Gasteiger partial charge is 0.321 e. The molecule has 8 heteroatoms. The molecule has 1 atom stereocenters. The van der Waals surface area contributed by atoms with E-state index in [0.717, 1.165) is 65.0 Å². The second-order valence-corrected chi connectivity index (χ2v) is 7.31. The number of hydrogen-bond acceptors (Lipinski definition) is 5. The Morgan fingerprint density at radius 3 is 2.24 bits per heavy atom. The summed E-state index contributed by atoms with van der Waals surface area (Å²) in [5.41, 5.74) is 0. The van der Waals surface area contributed by atoms with Crippen LogP contribution in [0.15, 0.2) is 0 Å². The molecule has 140 valence electrons. The summed E-state index contributed by atoms with van der Waals surface area (Å²) in [6, 6.07) is -0.504. The Bertz CT molecular complexity index is 508. The molecule has 2 heterocycles. The van der Waals surface area contributed by atoms with Crippen molar-refractivity contribution in [1.29, 1.82) is 0 Å². The van der Waals surface area contributed by atoms with Crippen molar-refractivity contribution in [3.8, 4) is 0 Å². The second kappa shape index (κ2) is 8.14. The molecule has 3 rings (SSSR count). The number of nitrogens with one attached hydrogen (secondary N) is 2. The quantitative estimate of drug-likeness (QED) is 0.704. The van der Waals surface area contributed by atoms with E-state index >= 15 is 0 Å². The molecule has 0 aromatic rings. The van der Waals surface area contributed by atoms with Gasteiger partial charge < -0.3 is 10.2 Å². The Balaban J connectivity index is 1.37. The Hall–Kier alpha value is -1.67. The first-order chi connectivity index (χ1) is 12.0. The van der Waals surface area contributed by atoms with Crippen LogP contribution in [0, 0.1) is 0 Å². The van der Waals surface area contributed by atoms with Crippen molar-refractivity contribution in [2.45, 2.75) is 44.7 Å². The lowest BCUT2D eigenvalue weighted by Gasteiger charge is -2.37. The number of piperazine rings is 1. The van der Waals surface area contributed by atoms with Crippen LogP contribution in [0.5, 0.6) is 0 Å². The average Bonchev–Trinajstić information content (AvgIpc) is 3.23. The van der Waals surface area contributed by atoms with Crippen LogP contribution in [0.1, 0.15) is 32.6 Å². The number of rotatable bonds is 5. The van der Waals surface area contributed by atoms with E-state index in [2.05, 4.69) is 20.4 Å². The number of carbonyl (C=O) groups is 3. The topological polar surface area (TPSA) is 85.0 Å². The van der Waals surface area contributed by atoms with E-state index in [1.807, 2.05) is 11.8 Å². The van der Waals surface area contributed by atoms with E-state index in [0.29, 0.717) is 6.54 Å². The van der Waals surface area contributed by atoms with Crippen molar-refractivity contribution in [3.05, 3.63) is 0 Å². The summed E-state index contributed by atoms with van der Waals surface area (Å²) in [6.45, 7) is 7.07. The van der Waals surface area contributed by atoms with Gasteiger partial charge in [-0.3, -0.25) is 24.7 Å². The van der Waals surface area contributed by atoms with E-state index in [1.165, 1.54) is 0 Å². The molecule has 1 aliphatic carbocycles. The van der Waals surface area contributed by atoms with Crippen LogP contribution in [0.25, 0.3) is 0 Å². The first-order valence-electron chi connectivity index (χ1n) is 9.38. The molecule has 4 amide bonds. The zero-order valence-electron chi connectivity index (χ0n) is 15.0. The second-order valence-electron chi connectivity index (χ2n) is 7.31. The molecule has 8 nitrogen and oxygen atoms in total. The van der Waals surface area contributed by atoms with Crippen LogP contribution in [0.4, 0.5) is 4.79 Å². The molecule has 2 aliphatic heterocycles. The number of urea groups is 1. The van der Waals surface area contributed by atoms with Gasteiger partial charge in [-0.1, -0.05) is 0 Å². The number of amides is 4. The molecule has 0 radical (unpaired) electrons. The van der Waals surface area contributed by atoms with E-state index in [4.69, 9.17) is 0 Å². The maximum absolute atomic E-state index is 12.2. The molecule has 0 bridgehead atoms. The monoisotopic (exact) mass is 351 g/mol. The van der Waals surface area contributed by atoms with Crippen molar-refractivity contribution < 1.29 is 14.4 Å². The van der Waals surface area contributed by atoms with E-state index < -0.39 is 6.03 Å². The van der Waals surface area contributed by atoms with Crippen LogP contribution >= 0.6 is 0 Å². The van der Waals surface area contributed by atoms with Gasteiger partial charge in [0, 0.05) is 45.3 Å². The van der Waals surface area contributed by atoms with Gasteiger partial charge in [0.2, 0.25) is 11.8 Å². The van der Waals surface area contributed by atoms with Crippen LogP contribution in [0.2, 0.25) is 0 Å². The molecule has 2 N–H and O–H groups in total. The molecular formula is C17H29N5O3. The molecule has 0 spiro atoms. The predicted octanol–water partition coefficient (Wildman–Crippen LogP) is -0.397. The van der Waals surface area contributed by atoms with Crippen molar-refractivity contribution in [2.75, 3.05) is 45.8 Å². The number of nitrogens with zero attached hydrogens (tertiary/aromatic N) is 3. The summed E-state index contributed by atoms with van der Waals surface area (Å²) in [4.78, 5) is 42.3. The molecule has 0 aromatic heterocycles. The van der Waals surface area contributed by atoms with Gasteiger partial charge in [0.15, 0.2) is 0 Å². The van der Waals surface area contributed by atoms with Crippen LogP contribution < -0.4 is 10.6 Å². The van der Waals surface area contributed by atoms with E-state index in [1.54, 1.807) is 0 Å². The van der Waals surface area contributed by atoms with Gasteiger partial charge in [-0.05, 0) is 32.6 Å². The SMILES string of the molecule is CC(C(=O)NC(=O)NC1CC1)N1CCN(CC(=O)N2CCCC2)CC1. The Morgan fingerprint density at radius 1 is 1.00 bits per heavy atom. The highest BCUT2D eigenvalue weighted by Crippen LogP contribution is 2.18. The van der Waals surface area contributed by atoms with Gasteiger partial charge in [-0.15, -0.1) is 0 Å². The minimum Gasteiger partial charge on any atom is -0.342 e. The van der Waals surface area contributed by atoms with Gasteiger partial charge in [0.1, 0.15) is 0 Å². The van der Waals surface area contributed by atoms with Crippen molar-refractivity contribution in [3.63, 3.8) is 0 Å². The molecule has 25 heavy (non-hydrogen) atoms. The van der Waals surface area contributed by atoms with Crippen LogP contribution in [-0.4, -0.2) is 90.4 Å². The Morgan fingerprint density at radius 2 is 1.64 bits per heavy atom. The maximum Gasteiger partial charge on any atom is 0.321 e. The van der Waals surface area contributed by atoms with Gasteiger partial charge in [-0.25, -0.2) is 4.79 Å². The normalized spacial score (nSPS) is 23.3. The maximum atomic E-state index is 12.2. The third-order valence-electron chi connectivity index (χ3n) is 5.30. The Kier molecular flexibility index (Phi) is 5.90. The molecular weight excluding hydrogens is 322 g/mol. The Labute approximate surface area is 148 Å². The first kappa shape index (κ1) is 18.1. The number of imide groups is 1. The van der Waals surface area contributed by atoms with Crippen LogP contribution in [-0.2, 0) is 9.59 Å². The fourth-order valence-corrected chi connectivity index (χ4v) is 3.40. The lowest BCUT2D eigenvalue weighted by Crippen LogP contribution is -2.56. The third-order valence-corrected chi connectivity index (χ3v) is 5.30. The first-order valence-corrected chi connectivity index (χ1v) is 9.38. The molecule has 3 aliphatic rings. The van der Waals surface area contributed by atoms with Crippen molar-refractivity contribution >= 4 is 17.8 Å². The fourth-order valence-electron chi connectivity index (χ4n) is 3.40. The highest BCUT2D eigenvalue weighted by molar-refractivity contribution is 5.97. The average molecular weight is 351 g/mol. The highest BCUT2D eigenvalue weighted by Gasteiger charge is 2.29. The minimum atomic E-state index is -0.394. The van der Waals surface area contributed by atoms with Crippen molar-refractivity contribution in [2.24, 2.45) is 0 Å². The summed E-state index contributed by atoms with van der Waals surface area (Å²) in [5.74, 6) is -0.0479. The zero-order chi connectivity index (χ0) is 17.8. The summed E-state index contributed by atoms with van der Waals surface area (Å²) in [6.07, 6.45) is 4.21. The van der Waals surface area contributed by atoms with Gasteiger partial charge in [-0.2, -0.15) is 0 Å². The molecule has 2 saturated heterocycles. The highest BCUT2D eigenvalue weighted by atomic mass is 16.2. The number of carbonyl (C=O) groups excluding carboxylic acids is 3. The number of likely N-dealkylation sites (tertiary alicyclic amines) is 1. The summed E-state index contributed by atoms with van der Waals surface area (Å²) >= 11 is 0. The van der Waals surface area contributed by atoms with Gasteiger partial charge in [0.05, 0.1) is 12.6 Å². The van der Waals surface area contributed by atoms with Crippen molar-refractivity contribution in [1.82, 2.24) is 25.3 Å². The minimum absolute atomic E-state index is 0.216. The largest absolute Gasteiger partial charge is 0.342 e. The summed E-state index contributed by atoms with van der Waals surface area (Å²) < 4.78 is 0. The van der Waals surface area contributed by atoms with Crippen LogP contribution in [0.3, 0.4) is 0 Å². The lowest BCUT2D eigenvalue weighted by atomic mass is 10.2. The number of hydrogen-bond donors (Lipinski definition) is 2. The standard InChI is InChI=1S/C17H29N5O3/c1-13(16(24)19-17(25)18-14-4-5-14)21-10-8-20(9-11-21)12-15(23)22-6-2-3-7-22/h13-14H,2-12H2,1H3,(H2,18,19,24,25). The van der Waals surface area contributed by atoms with Gasteiger partial charge >= 0.3 is 6.03 Å². The predicted molar refractivity (Wildman–Crippen MR) is 93.0 cm³/mol. The molecule has 3 fully saturated rings. The molecule has 0 aromatic carbocycles. The van der Waals surface area contributed by atoms with Gasteiger partial charge in [0.25, 0.3) is 0 Å². The third kappa shape index (κ3) is 5.15. The lowest BCUT2D eigenvalue weighted by molar-refractivity contribution is -0.132. The summed E-state index contributed by atoms with van der Waals surface area (Å²) in [7, 11) is 0. The zero-order valence-corrected chi connectivity index (χ0v) is 15.0. The summed E-state index contributed by atoms with van der Waals surface area (Å²) in [5, 5.41) is 5.18. The fraction of sp³-hybridized carbons (Fsp3) is 0.824.